The van der Waals surface area contributed by atoms with Crippen LogP contribution in [0.3, 0.4) is 0 Å². The number of rotatable bonds is 4. The van der Waals surface area contributed by atoms with Gasteiger partial charge in [-0.15, -0.1) is 0 Å². The van der Waals surface area contributed by atoms with E-state index < -0.39 is 5.97 Å². The second-order valence-electron chi connectivity index (χ2n) is 8.10. The van der Waals surface area contributed by atoms with E-state index in [4.69, 9.17) is 21.4 Å². The molecular weight excluding hydrogens is 406 g/mol. The van der Waals surface area contributed by atoms with Crippen LogP contribution >= 0.6 is 11.6 Å². The molecule has 2 aliphatic rings. The van der Waals surface area contributed by atoms with Gasteiger partial charge in [0.25, 0.3) is 5.91 Å². The van der Waals surface area contributed by atoms with Gasteiger partial charge in [-0.05, 0) is 62.1 Å². The van der Waals surface area contributed by atoms with Gasteiger partial charge in [0.05, 0.1) is 6.54 Å². The number of anilines is 1. The van der Waals surface area contributed by atoms with E-state index in [1.165, 1.54) is 11.9 Å². The highest BCUT2D eigenvalue weighted by atomic mass is 35.5. The van der Waals surface area contributed by atoms with Crippen LogP contribution in [0.2, 0.25) is 5.15 Å². The van der Waals surface area contributed by atoms with Crippen LogP contribution < -0.4 is 9.64 Å². The molecule has 1 aliphatic heterocycles. The van der Waals surface area contributed by atoms with Gasteiger partial charge < -0.3 is 14.7 Å². The first-order valence-electron chi connectivity index (χ1n) is 10.2. The fourth-order valence-electron chi connectivity index (χ4n) is 4.42. The van der Waals surface area contributed by atoms with Gasteiger partial charge in [-0.2, -0.15) is 0 Å². The molecule has 1 atom stereocenters. The van der Waals surface area contributed by atoms with Crippen LogP contribution in [0.4, 0.5) is 5.69 Å². The van der Waals surface area contributed by atoms with E-state index in [-0.39, 0.29) is 40.9 Å². The molecule has 1 fully saturated rings. The lowest BCUT2D eigenvalue weighted by molar-refractivity contribution is -0.138. The number of ether oxygens (including phenoxy) is 1. The number of aliphatic carboxylic acids is 1. The summed E-state index contributed by atoms with van der Waals surface area (Å²) >= 11 is 6.16. The van der Waals surface area contributed by atoms with Crippen LogP contribution in [0.25, 0.3) is 0 Å². The number of nitrogens with zero attached hydrogens (tertiary/aromatic N) is 3. The highest BCUT2D eigenvalue weighted by Gasteiger charge is 2.32. The average molecular weight is 430 g/mol. The second-order valence-corrected chi connectivity index (χ2v) is 8.45. The molecular formula is C22H24ClN3O4. The molecule has 1 amide bonds. The lowest BCUT2D eigenvalue weighted by atomic mass is 9.77. The maximum atomic E-state index is 13.1. The van der Waals surface area contributed by atoms with E-state index in [1.54, 1.807) is 4.90 Å². The predicted molar refractivity (Wildman–Crippen MR) is 112 cm³/mol. The van der Waals surface area contributed by atoms with Crippen molar-refractivity contribution < 1.29 is 19.4 Å². The summed E-state index contributed by atoms with van der Waals surface area (Å²) in [5, 5.41) is 9.07. The minimum Gasteiger partial charge on any atom is -0.481 e. The first-order chi connectivity index (χ1) is 14.4. The molecule has 158 valence electrons. The summed E-state index contributed by atoms with van der Waals surface area (Å²) in [4.78, 5) is 33.7. The van der Waals surface area contributed by atoms with Gasteiger partial charge >= 0.3 is 5.97 Å². The Balaban J connectivity index is 1.51. The predicted octanol–water partition coefficient (Wildman–Crippen LogP) is 4.31. The topological polar surface area (TPSA) is 92.6 Å². The molecule has 1 N–H and O–H groups in total. The molecule has 0 saturated heterocycles. The van der Waals surface area contributed by atoms with E-state index in [2.05, 4.69) is 22.1 Å². The fraction of sp³-hybridized carbons (Fsp3) is 0.455. The summed E-state index contributed by atoms with van der Waals surface area (Å²) in [5.41, 5.74) is 2.18. The summed E-state index contributed by atoms with van der Waals surface area (Å²) < 4.78 is 5.78. The van der Waals surface area contributed by atoms with Crippen molar-refractivity contribution in [2.45, 2.75) is 51.0 Å². The second kappa shape index (κ2) is 8.60. The Hall–Kier alpha value is -2.67. The van der Waals surface area contributed by atoms with Gasteiger partial charge in [0.15, 0.2) is 0 Å². The van der Waals surface area contributed by atoms with Crippen LogP contribution in [0, 0.1) is 5.92 Å². The molecule has 2 heterocycles. The Kier molecular flexibility index (Phi) is 5.90. The molecule has 7 nitrogen and oxygen atoms in total. The first kappa shape index (κ1) is 20.6. The van der Waals surface area contributed by atoms with Gasteiger partial charge in [-0.25, -0.2) is 9.97 Å². The molecule has 0 radical (unpaired) electrons. The van der Waals surface area contributed by atoms with Crippen molar-refractivity contribution in [3.8, 4) is 5.88 Å². The highest BCUT2D eigenvalue weighted by molar-refractivity contribution is 6.33. The van der Waals surface area contributed by atoms with Crippen molar-refractivity contribution in [3.63, 3.8) is 0 Å². The Morgan fingerprint density at radius 2 is 1.90 bits per heavy atom. The number of carbonyl (C=O) groups excluding carboxylic acids is 1. The quantitative estimate of drug-likeness (QED) is 0.728. The molecule has 2 aromatic rings. The molecule has 0 bridgehead atoms. The molecule has 1 aromatic carbocycles. The van der Waals surface area contributed by atoms with Crippen LogP contribution in [0.1, 0.15) is 60.9 Å². The third kappa shape index (κ3) is 4.26. The van der Waals surface area contributed by atoms with Crippen LogP contribution in [0.15, 0.2) is 30.6 Å². The van der Waals surface area contributed by atoms with E-state index in [9.17, 15) is 9.59 Å². The molecule has 1 aliphatic carbocycles. The fourth-order valence-corrected chi connectivity index (χ4v) is 4.62. The van der Waals surface area contributed by atoms with E-state index >= 15 is 0 Å². The summed E-state index contributed by atoms with van der Waals surface area (Å²) in [6.45, 7) is 2.26. The molecule has 0 spiro atoms. The Morgan fingerprint density at radius 1 is 1.20 bits per heavy atom. The van der Waals surface area contributed by atoms with Crippen molar-refractivity contribution in [1.29, 1.82) is 0 Å². The maximum absolute atomic E-state index is 13.1. The van der Waals surface area contributed by atoms with Crippen molar-refractivity contribution >= 4 is 29.2 Å². The largest absolute Gasteiger partial charge is 0.481 e. The standard InChI is InChI=1S/C22H24ClN3O4/c1-13-11-26(22(29)19-20(23)24-12-25-21(19)30-13)17-8-6-16(7-9-17)15-4-2-14(3-5-15)10-18(27)28/h6-9,12-15H,2-5,10-11H2,1H3,(H,27,28)/t13-,14-,15-/m1/s1. The SMILES string of the molecule is C[C@@H]1CN(c2ccc([C@H]3CC[C@H](CC(=O)O)CC3)cc2)C(=O)c2c(Cl)ncnc2O1. The van der Waals surface area contributed by atoms with E-state index in [1.807, 2.05) is 19.1 Å². The molecule has 0 unspecified atom stereocenters. The number of halogens is 1. The van der Waals surface area contributed by atoms with Crippen molar-refractivity contribution in [1.82, 2.24) is 9.97 Å². The maximum Gasteiger partial charge on any atom is 0.303 e. The Labute approximate surface area is 180 Å². The van der Waals surface area contributed by atoms with E-state index in [0.717, 1.165) is 31.4 Å². The summed E-state index contributed by atoms with van der Waals surface area (Å²) in [5.74, 6) is -0.0714. The van der Waals surface area contributed by atoms with Crippen LogP contribution in [-0.2, 0) is 4.79 Å². The number of benzene rings is 1. The minimum absolute atomic E-state index is 0.0823. The number of fused-ring (bicyclic) bond motifs is 1. The molecule has 8 heteroatoms. The third-order valence-corrected chi connectivity index (χ3v) is 6.25. The normalized spacial score (nSPS) is 24.0. The van der Waals surface area contributed by atoms with Gasteiger partial charge in [-0.3, -0.25) is 9.59 Å². The average Bonchev–Trinajstić information content (AvgIpc) is 2.85. The molecule has 30 heavy (non-hydrogen) atoms. The third-order valence-electron chi connectivity index (χ3n) is 5.96. The summed E-state index contributed by atoms with van der Waals surface area (Å²) in [6, 6.07) is 8.02. The number of carboxylic acids is 1. The summed E-state index contributed by atoms with van der Waals surface area (Å²) in [7, 11) is 0. The van der Waals surface area contributed by atoms with E-state index in [0.29, 0.717) is 12.5 Å². The number of hydrogen-bond acceptors (Lipinski definition) is 5. The van der Waals surface area contributed by atoms with Crippen LogP contribution in [-0.4, -0.2) is 39.6 Å². The monoisotopic (exact) mass is 429 g/mol. The van der Waals surface area contributed by atoms with Crippen LogP contribution in [0.5, 0.6) is 5.88 Å². The van der Waals surface area contributed by atoms with Crippen molar-refractivity contribution in [2.24, 2.45) is 5.92 Å². The number of hydrogen-bond donors (Lipinski definition) is 1. The highest BCUT2D eigenvalue weighted by Crippen LogP contribution is 2.38. The molecule has 1 aromatic heterocycles. The van der Waals surface area contributed by atoms with Crippen molar-refractivity contribution in [3.05, 3.63) is 46.9 Å². The minimum atomic E-state index is -0.713. The molecule has 4 rings (SSSR count). The zero-order valence-corrected chi connectivity index (χ0v) is 17.5. The zero-order chi connectivity index (χ0) is 21.3. The Morgan fingerprint density at radius 3 is 2.57 bits per heavy atom. The smallest absolute Gasteiger partial charge is 0.303 e. The van der Waals surface area contributed by atoms with Gasteiger partial charge in [0.2, 0.25) is 5.88 Å². The molecule has 1 saturated carbocycles. The van der Waals surface area contributed by atoms with Gasteiger partial charge in [0, 0.05) is 12.1 Å². The van der Waals surface area contributed by atoms with Gasteiger partial charge in [-0.1, -0.05) is 23.7 Å². The number of aromatic nitrogens is 2. The van der Waals surface area contributed by atoms with Gasteiger partial charge in [0.1, 0.15) is 23.1 Å². The number of carboxylic acid groups (broad SMARTS) is 1. The lowest BCUT2D eigenvalue weighted by Gasteiger charge is -2.28. The Bertz CT molecular complexity index is 942. The number of carbonyl (C=O) groups is 2. The first-order valence-corrected chi connectivity index (χ1v) is 10.6. The van der Waals surface area contributed by atoms with Crippen molar-refractivity contribution in [2.75, 3.05) is 11.4 Å². The lowest BCUT2D eigenvalue weighted by Crippen LogP contribution is -2.36. The summed E-state index contributed by atoms with van der Waals surface area (Å²) in [6.07, 6.45) is 5.16. The zero-order valence-electron chi connectivity index (χ0n) is 16.8. The number of amides is 1.